The Morgan fingerprint density at radius 1 is 1.08 bits per heavy atom. The summed E-state index contributed by atoms with van der Waals surface area (Å²) in [6.45, 7) is 0. The van der Waals surface area contributed by atoms with Crippen LogP contribution in [0.15, 0.2) is 59.9 Å². The topological polar surface area (TPSA) is 83.2 Å². The fourth-order valence-corrected chi connectivity index (χ4v) is 2.51. The Balaban J connectivity index is 1.77. The van der Waals surface area contributed by atoms with Gasteiger partial charge < -0.3 is 19.4 Å². The van der Waals surface area contributed by atoms with Crippen molar-refractivity contribution in [3.05, 3.63) is 60.2 Å². The number of ether oxygens (including phenoxy) is 2. The monoisotopic (exact) mass is 354 g/mol. The van der Waals surface area contributed by atoms with Gasteiger partial charge in [0.25, 0.3) is 6.04 Å². The average Bonchev–Trinajstić information content (AvgIpc) is 3.08. The molecule has 0 N–H and O–H groups in total. The number of ketones is 1. The van der Waals surface area contributed by atoms with Gasteiger partial charge in [0.05, 0.1) is 14.2 Å². The molecule has 7 heteroatoms. The molecule has 2 aromatic carbocycles. The Bertz CT molecular complexity index is 828. The molecule has 0 amide bonds. The molecule has 26 heavy (non-hydrogen) atoms. The second-order valence-electron chi connectivity index (χ2n) is 5.55. The maximum atomic E-state index is 12.5. The first kappa shape index (κ1) is 17.6. The van der Waals surface area contributed by atoms with Crippen molar-refractivity contribution in [3.63, 3.8) is 0 Å². The van der Waals surface area contributed by atoms with Crippen LogP contribution < -0.4 is 14.6 Å². The zero-order valence-corrected chi connectivity index (χ0v) is 14.4. The van der Waals surface area contributed by atoms with Crippen LogP contribution in [0.25, 0.3) is 6.08 Å². The van der Waals surface area contributed by atoms with Gasteiger partial charge in [-0.25, -0.2) is 0 Å². The summed E-state index contributed by atoms with van der Waals surface area (Å²) in [6, 6.07) is 13.0. The Morgan fingerprint density at radius 3 is 2.23 bits per heavy atom. The summed E-state index contributed by atoms with van der Waals surface area (Å²) in [5, 5.41) is 15.8. The minimum absolute atomic E-state index is 0.391. The molecular formula is C19H18N2O5. The lowest BCUT2D eigenvalue weighted by Gasteiger charge is -2.13. The van der Waals surface area contributed by atoms with Gasteiger partial charge in [0.15, 0.2) is 5.28 Å². The van der Waals surface area contributed by atoms with E-state index >= 15 is 0 Å². The molecule has 1 aliphatic heterocycles. The van der Waals surface area contributed by atoms with Gasteiger partial charge in [0.2, 0.25) is 11.5 Å². The largest absolute Gasteiger partial charge is 0.814 e. The van der Waals surface area contributed by atoms with E-state index in [1.54, 1.807) is 56.7 Å². The SMILES string of the molecule is COc1ccc(/C=C/C(=O)C2C([O-])ON=[N+]2c2ccc(OC)cc2)cc1. The lowest BCUT2D eigenvalue weighted by Crippen LogP contribution is -2.44. The van der Waals surface area contributed by atoms with E-state index < -0.39 is 18.1 Å². The highest BCUT2D eigenvalue weighted by Crippen LogP contribution is 2.25. The number of carbonyl (C=O) groups is 1. The summed E-state index contributed by atoms with van der Waals surface area (Å²) in [5.74, 6) is 0.995. The summed E-state index contributed by atoms with van der Waals surface area (Å²) >= 11 is 0. The summed E-state index contributed by atoms with van der Waals surface area (Å²) in [7, 11) is 3.14. The minimum Gasteiger partial charge on any atom is -0.814 e. The third kappa shape index (κ3) is 3.73. The van der Waals surface area contributed by atoms with Gasteiger partial charge in [-0.05, 0) is 40.6 Å². The fourth-order valence-electron chi connectivity index (χ4n) is 2.51. The third-order valence-corrected chi connectivity index (χ3v) is 3.94. The minimum atomic E-state index is -1.59. The molecule has 0 spiro atoms. The van der Waals surface area contributed by atoms with Gasteiger partial charge in [-0.2, -0.15) is 0 Å². The van der Waals surface area contributed by atoms with Crippen LogP contribution in [0.4, 0.5) is 5.69 Å². The molecule has 0 saturated carbocycles. The Labute approximate surface area is 150 Å². The van der Waals surface area contributed by atoms with E-state index in [1.807, 2.05) is 12.1 Å². The van der Waals surface area contributed by atoms with E-state index in [0.29, 0.717) is 11.4 Å². The van der Waals surface area contributed by atoms with Crippen LogP contribution in [0.1, 0.15) is 5.56 Å². The third-order valence-electron chi connectivity index (χ3n) is 3.94. The summed E-state index contributed by atoms with van der Waals surface area (Å²) in [5.41, 5.74) is 1.38. The van der Waals surface area contributed by atoms with Gasteiger partial charge in [-0.1, -0.05) is 18.2 Å². The second kappa shape index (κ2) is 7.79. The van der Waals surface area contributed by atoms with Crippen molar-refractivity contribution in [1.29, 1.82) is 0 Å². The number of nitrogens with zero attached hydrogens (tertiary/aromatic N) is 2. The molecule has 1 heterocycles. The van der Waals surface area contributed by atoms with Crippen LogP contribution in [0.2, 0.25) is 0 Å². The Hall–Kier alpha value is -3.19. The zero-order chi connectivity index (χ0) is 18.5. The highest BCUT2D eigenvalue weighted by atomic mass is 16.7. The number of carbonyl (C=O) groups excluding carboxylic acids is 1. The van der Waals surface area contributed by atoms with Crippen LogP contribution in [0.5, 0.6) is 11.5 Å². The van der Waals surface area contributed by atoms with Crippen molar-refractivity contribution >= 4 is 17.5 Å². The molecule has 0 saturated heterocycles. The second-order valence-corrected chi connectivity index (χ2v) is 5.55. The van der Waals surface area contributed by atoms with Crippen LogP contribution >= 0.6 is 0 Å². The van der Waals surface area contributed by atoms with E-state index in [1.165, 1.54) is 10.8 Å². The predicted molar refractivity (Wildman–Crippen MR) is 91.0 cm³/mol. The molecule has 2 unspecified atom stereocenters. The number of hydrogen-bond donors (Lipinski definition) is 0. The molecule has 134 valence electrons. The summed E-state index contributed by atoms with van der Waals surface area (Å²) in [6.07, 6.45) is 1.40. The van der Waals surface area contributed by atoms with Crippen molar-refractivity contribution in [1.82, 2.24) is 0 Å². The zero-order valence-electron chi connectivity index (χ0n) is 14.4. The summed E-state index contributed by atoms with van der Waals surface area (Å²) in [4.78, 5) is 17.3. The van der Waals surface area contributed by atoms with Gasteiger partial charge in [0, 0.05) is 12.1 Å². The molecule has 0 aliphatic carbocycles. The highest BCUT2D eigenvalue weighted by Gasteiger charge is 2.41. The molecule has 0 aromatic heterocycles. The molecule has 0 radical (unpaired) electrons. The van der Waals surface area contributed by atoms with Crippen molar-refractivity contribution in [2.45, 2.75) is 12.3 Å². The maximum absolute atomic E-state index is 12.5. The van der Waals surface area contributed by atoms with Crippen molar-refractivity contribution in [2.24, 2.45) is 5.28 Å². The van der Waals surface area contributed by atoms with E-state index in [9.17, 15) is 9.90 Å². The normalized spacial score (nSPS) is 19.1. The molecule has 2 atom stereocenters. The molecule has 0 bridgehead atoms. The van der Waals surface area contributed by atoms with Crippen molar-refractivity contribution in [3.8, 4) is 11.5 Å². The number of rotatable bonds is 6. The number of methoxy groups -OCH3 is 2. The fraction of sp³-hybridized carbons (Fsp3) is 0.211. The molecule has 1 aliphatic rings. The van der Waals surface area contributed by atoms with Crippen LogP contribution in [-0.4, -0.2) is 37.0 Å². The van der Waals surface area contributed by atoms with Crippen LogP contribution in [0, 0.1) is 0 Å². The van der Waals surface area contributed by atoms with E-state index in [4.69, 9.17) is 14.3 Å². The van der Waals surface area contributed by atoms with Crippen molar-refractivity contribution < 1.29 is 28.9 Å². The quantitative estimate of drug-likeness (QED) is 0.586. The predicted octanol–water partition coefficient (Wildman–Crippen LogP) is 2.08. The van der Waals surface area contributed by atoms with Crippen LogP contribution in [0.3, 0.4) is 0 Å². The highest BCUT2D eigenvalue weighted by molar-refractivity contribution is 5.97. The lowest BCUT2D eigenvalue weighted by atomic mass is 10.1. The number of benzene rings is 2. The van der Waals surface area contributed by atoms with Crippen LogP contribution in [-0.2, 0) is 9.63 Å². The first-order chi connectivity index (χ1) is 12.6. The maximum Gasteiger partial charge on any atom is 0.273 e. The van der Waals surface area contributed by atoms with Gasteiger partial charge in [-0.15, -0.1) is 0 Å². The lowest BCUT2D eigenvalue weighted by molar-refractivity contribution is -0.560. The van der Waals surface area contributed by atoms with Gasteiger partial charge in [0.1, 0.15) is 17.8 Å². The van der Waals surface area contributed by atoms with E-state index in [2.05, 4.69) is 5.28 Å². The average molecular weight is 354 g/mol. The first-order valence-electron chi connectivity index (χ1n) is 7.94. The number of hydrogen-bond acceptors (Lipinski definition) is 6. The van der Waals surface area contributed by atoms with Gasteiger partial charge in [-0.3, -0.25) is 4.79 Å². The Kier molecular flexibility index (Phi) is 5.28. The molecule has 3 rings (SSSR count). The summed E-state index contributed by atoms with van der Waals surface area (Å²) < 4.78 is 11.5. The first-order valence-corrected chi connectivity index (χ1v) is 7.94. The van der Waals surface area contributed by atoms with E-state index in [-0.39, 0.29) is 0 Å². The Morgan fingerprint density at radius 2 is 1.65 bits per heavy atom. The molecular weight excluding hydrogens is 336 g/mol. The van der Waals surface area contributed by atoms with Crippen molar-refractivity contribution in [2.75, 3.05) is 14.2 Å². The smallest absolute Gasteiger partial charge is 0.273 e. The molecule has 2 aromatic rings. The van der Waals surface area contributed by atoms with E-state index in [0.717, 1.165) is 11.3 Å². The van der Waals surface area contributed by atoms with Gasteiger partial charge >= 0.3 is 0 Å². The standard InChI is InChI=1S/C19H18N2O5/c1-24-15-8-3-13(4-9-15)5-12-17(22)18-19(23)26-20-21(18)14-6-10-16(25-2)11-7-14/h3-12,18-19H,1-2H3/b12-5+. The molecule has 7 nitrogen and oxygen atoms in total. The molecule has 0 fully saturated rings.